The lowest BCUT2D eigenvalue weighted by atomic mass is 10.3. The lowest BCUT2D eigenvalue weighted by Gasteiger charge is -2.11. The highest BCUT2D eigenvalue weighted by atomic mass is 16.5. The van der Waals surface area contributed by atoms with Crippen molar-refractivity contribution in [3.05, 3.63) is 24.3 Å². The molecular formula is C10H14O3. The zero-order chi connectivity index (χ0) is 9.68. The van der Waals surface area contributed by atoms with Crippen LogP contribution in [0.3, 0.4) is 0 Å². The molecule has 0 saturated carbocycles. The number of hydrogen-bond acceptors (Lipinski definition) is 3. The van der Waals surface area contributed by atoms with Gasteiger partial charge in [-0.2, -0.15) is 0 Å². The van der Waals surface area contributed by atoms with Gasteiger partial charge in [-0.25, -0.2) is 0 Å². The van der Waals surface area contributed by atoms with Gasteiger partial charge in [0, 0.05) is 0 Å². The normalized spacial score (nSPS) is 12.2. The first-order chi connectivity index (χ1) is 6.24. The van der Waals surface area contributed by atoms with Crippen LogP contribution in [0.2, 0.25) is 0 Å². The Morgan fingerprint density at radius 2 is 1.92 bits per heavy atom. The molecule has 3 nitrogen and oxygen atoms in total. The number of hydrogen-bond donors (Lipinski definition) is 1. The highest BCUT2D eigenvalue weighted by Gasteiger charge is 2.03. The van der Waals surface area contributed by atoms with Gasteiger partial charge in [0.25, 0.3) is 0 Å². The Morgan fingerprint density at radius 3 is 2.46 bits per heavy atom. The molecule has 0 aliphatic rings. The molecule has 0 unspecified atom stereocenters. The topological polar surface area (TPSA) is 38.7 Å². The fourth-order valence-corrected chi connectivity index (χ4v) is 0.948. The van der Waals surface area contributed by atoms with E-state index in [0.717, 1.165) is 0 Å². The third-order valence-electron chi connectivity index (χ3n) is 1.55. The molecule has 0 amide bonds. The second-order valence-corrected chi connectivity index (χ2v) is 2.81. The average Bonchev–Trinajstić information content (AvgIpc) is 2.15. The molecule has 0 bridgehead atoms. The Bertz CT molecular complexity index is 258. The summed E-state index contributed by atoms with van der Waals surface area (Å²) in [6.07, 6.45) is -0.468. The number of para-hydroxylation sites is 2. The number of methoxy groups -OCH3 is 1. The molecule has 1 N–H and O–H groups in total. The van der Waals surface area contributed by atoms with Crippen molar-refractivity contribution < 1.29 is 14.6 Å². The first-order valence-electron chi connectivity index (χ1n) is 4.18. The summed E-state index contributed by atoms with van der Waals surface area (Å²) in [7, 11) is 1.59. The third-order valence-corrected chi connectivity index (χ3v) is 1.55. The SMILES string of the molecule is COc1ccccc1OC[C@@H](C)O. The number of rotatable bonds is 4. The van der Waals surface area contributed by atoms with Crippen LogP contribution in [0.5, 0.6) is 11.5 Å². The van der Waals surface area contributed by atoms with Gasteiger partial charge < -0.3 is 14.6 Å². The summed E-state index contributed by atoms with van der Waals surface area (Å²) in [5.41, 5.74) is 0. The van der Waals surface area contributed by atoms with Gasteiger partial charge in [0.2, 0.25) is 0 Å². The van der Waals surface area contributed by atoms with Crippen LogP contribution in [0.1, 0.15) is 6.92 Å². The summed E-state index contributed by atoms with van der Waals surface area (Å²) in [5.74, 6) is 1.34. The molecule has 0 aromatic heterocycles. The molecule has 0 aliphatic heterocycles. The van der Waals surface area contributed by atoms with Crippen molar-refractivity contribution >= 4 is 0 Å². The van der Waals surface area contributed by atoms with Gasteiger partial charge in [-0.15, -0.1) is 0 Å². The van der Waals surface area contributed by atoms with E-state index in [1.54, 1.807) is 20.1 Å². The van der Waals surface area contributed by atoms with Gasteiger partial charge in [0.15, 0.2) is 11.5 Å². The van der Waals surface area contributed by atoms with E-state index in [0.29, 0.717) is 11.5 Å². The van der Waals surface area contributed by atoms with Crippen molar-refractivity contribution in [1.29, 1.82) is 0 Å². The van der Waals surface area contributed by atoms with Crippen molar-refractivity contribution in [2.75, 3.05) is 13.7 Å². The van der Waals surface area contributed by atoms with Gasteiger partial charge >= 0.3 is 0 Å². The van der Waals surface area contributed by atoms with E-state index in [1.165, 1.54) is 0 Å². The summed E-state index contributed by atoms with van der Waals surface area (Å²) in [6.45, 7) is 1.95. The van der Waals surface area contributed by atoms with Crippen LogP contribution in [0, 0.1) is 0 Å². The summed E-state index contributed by atoms with van der Waals surface area (Å²) >= 11 is 0. The molecule has 1 atom stereocenters. The van der Waals surface area contributed by atoms with Crippen molar-refractivity contribution in [2.24, 2.45) is 0 Å². The number of benzene rings is 1. The largest absolute Gasteiger partial charge is 0.493 e. The van der Waals surface area contributed by atoms with Crippen molar-refractivity contribution in [3.63, 3.8) is 0 Å². The molecule has 1 rings (SSSR count). The number of ether oxygens (including phenoxy) is 2. The fraction of sp³-hybridized carbons (Fsp3) is 0.400. The van der Waals surface area contributed by atoms with Crippen LogP contribution in [-0.2, 0) is 0 Å². The van der Waals surface area contributed by atoms with Gasteiger partial charge in [-0.05, 0) is 19.1 Å². The molecule has 0 spiro atoms. The van der Waals surface area contributed by atoms with E-state index in [2.05, 4.69) is 0 Å². The standard InChI is InChI=1S/C10H14O3/c1-8(11)7-13-10-6-4-3-5-9(10)12-2/h3-6,8,11H,7H2,1-2H3/t8-/m1/s1. The van der Waals surface area contributed by atoms with E-state index < -0.39 is 6.10 Å². The second kappa shape index (κ2) is 4.72. The minimum atomic E-state index is -0.468. The predicted molar refractivity (Wildman–Crippen MR) is 50.2 cm³/mol. The maximum Gasteiger partial charge on any atom is 0.161 e. The molecule has 0 saturated heterocycles. The van der Waals surface area contributed by atoms with E-state index in [1.807, 2.05) is 18.2 Å². The van der Waals surface area contributed by atoms with Gasteiger partial charge in [0.05, 0.1) is 13.2 Å². The summed E-state index contributed by atoms with van der Waals surface area (Å²) < 4.78 is 10.4. The molecule has 0 fully saturated rings. The quantitative estimate of drug-likeness (QED) is 0.766. The first-order valence-corrected chi connectivity index (χ1v) is 4.18. The Morgan fingerprint density at radius 1 is 1.31 bits per heavy atom. The zero-order valence-electron chi connectivity index (χ0n) is 7.86. The highest BCUT2D eigenvalue weighted by Crippen LogP contribution is 2.25. The summed E-state index contributed by atoms with van der Waals surface area (Å²) in [6, 6.07) is 7.35. The third kappa shape index (κ3) is 2.95. The van der Waals surface area contributed by atoms with E-state index in [-0.39, 0.29) is 6.61 Å². The predicted octanol–water partition coefficient (Wildman–Crippen LogP) is 1.45. The van der Waals surface area contributed by atoms with E-state index in [9.17, 15) is 0 Å². The number of aliphatic hydroxyl groups is 1. The lowest BCUT2D eigenvalue weighted by Crippen LogP contribution is -2.13. The van der Waals surface area contributed by atoms with Crippen LogP contribution < -0.4 is 9.47 Å². The lowest BCUT2D eigenvalue weighted by molar-refractivity contribution is 0.120. The Balaban J connectivity index is 2.64. The molecule has 0 heterocycles. The van der Waals surface area contributed by atoms with Crippen molar-refractivity contribution in [3.8, 4) is 11.5 Å². The second-order valence-electron chi connectivity index (χ2n) is 2.81. The monoisotopic (exact) mass is 182 g/mol. The summed E-state index contributed by atoms with van der Waals surface area (Å²) in [4.78, 5) is 0. The van der Waals surface area contributed by atoms with Crippen LogP contribution in [0.4, 0.5) is 0 Å². The van der Waals surface area contributed by atoms with E-state index in [4.69, 9.17) is 14.6 Å². The smallest absolute Gasteiger partial charge is 0.161 e. The Hall–Kier alpha value is -1.22. The van der Waals surface area contributed by atoms with Gasteiger partial charge in [-0.1, -0.05) is 12.1 Å². The first kappa shape index (κ1) is 9.86. The molecule has 3 heteroatoms. The molecule has 72 valence electrons. The Kier molecular flexibility index (Phi) is 3.58. The molecule has 1 aromatic carbocycles. The maximum absolute atomic E-state index is 9.01. The van der Waals surface area contributed by atoms with Gasteiger partial charge in [-0.3, -0.25) is 0 Å². The molecular weight excluding hydrogens is 168 g/mol. The molecule has 13 heavy (non-hydrogen) atoms. The number of aliphatic hydroxyl groups excluding tert-OH is 1. The van der Waals surface area contributed by atoms with E-state index >= 15 is 0 Å². The Labute approximate surface area is 77.9 Å². The van der Waals surface area contributed by atoms with Crippen LogP contribution in [0.25, 0.3) is 0 Å². The fourth-order valence-electron chi connectivity index (χ4n) is 0.948. The van der Waals surface area contributed by atoms with Crippen LogP contribution in [0.15, 0.2) is 24.3 Å². The molecule has 1 aromatic rings. The minimum absolute atomic E-state index is 0.278. The highest BCUT2D eigenvalue weighted by molar-refractivity contribution is 5.39. The molecule has 0 aliphatic carbocycles. The average molecular weight is 182 g/mol. The van der Waals surface area contributed by atoms with Crippen LogP contribution >= 0.6 is 0 Å². The summed E-state index contributed by atoms with van der Waals surface area (Å²) in [5, 5.41) is 9.01. The van der Waals surface area contributed by atoms with Crippen molar-refractivity contribution in [1.82, 2.24) is 0 Å². The minimum Gasteiger partial charge on any atom is -0.493 e. The zero-order valence-corrected chi connectivity index (χ0v) is 7.86. The maximum atomic E-state index is 9.01. The molecule has 0 radical (unpaired) electrons. The van der Waals surface area contributed by atoms with Crippen molar-refractivity contribution in [2.45, 2.75) is 13.0 Å². The van der Waals surface area contributed by atoms with Crippen LogP contribution in [-0.4, -0.2) is 24.9 Å². The van der Waals surface area contributed by atoms with Gasteiger partial charge in [0.1, 0.15) is 6.61 Å².